The lowest BCUT2D eigenvalue weighted by molar-refractivity contribution is -0.142. The summed E-state index contributed by atoms with van der Waals surface area (Å²) in [5.41, 5.74) is 0.747. The van der Waals surface area contributed by atoms with Crippen LogP contribution in [0, 0.1) is 0 Å². The molecule has 6 atom stereocenters. The fourth-order valence-electron chi connectivity index (χ4n) is 5.50. The Morgan fingerprint density at radius 3 is 2.60 bits per heavy atom. The Bertz CT molecular complexity index is 1560. The number of methoxy groups -OCH3 is 1. The van der Waals surface area contributed by atoms with E-state index in [-0.39, 0.29) is 23.6 Å². The molecule has 1 saturated heterocycles. The number of anilines is 1. The molecule has 244 valence electrons. The average Bonchev–Trinajstić information content (AvgIpc) is 3.73. The molecule has 0 spiro atoms. The van der Waals surface area contributed by atoms with Crippen LogP contribution in [0.2, 0.25) is 5.28 Å². The van der Waals surface area contributed by atoms with Crippen molar-refractivity contribution in [2.24, 2.45) is 0 Å². The molecule has 1 aliphatic heterocycles. The van der Waals surface area contributed by atoms with Crippen molar-refractivity contribution in [1.82, 2.24) is 29.5 Å². The van der Waals surface area contributed by atoms with Crippen molar-refractivity contribution in [1.29, 1.82) is 0 Å². The maximum atomic E-state index is 13.8. The van der Waals surface area contributed by atoms with Crippen molar-refractivity contribution in [3.8, 4) is 5.75 Å². The summed E-state index contributed by atoms with van der Waals surface area (Å²) < 4.78 is 31.7. The van der Waals surface area contributed by atoms with Gasteiger partial charge in [-0.25, -0.2) is 10.1 Å². The number of aliphatic hydroxyl groups excluding tert-OH is 2. The molecule has 1 aromatic carbocycles. The SMILES string of the molecule is COC(=O)[C@H](C)NP(=O)(CC(=O)N(C)C[C@H]1O[C@@H](n2cnc3c(NC4CCCC4)nc(Cl)nc32)[C@H](O)[C@@H]1O)Oc1ccccc1. The number of aliphatic hydroxyl groups is 2. The van der Waals surface area contributed by atoms with E-state index >= 15 is 0 Å². The van der Waals surface area contributed by atoms with Gasteiger partial charge < -0.3 is 34.4 Å². The highest BCUT2D eigenvalue weighted by molar-refractivity contribution is 7.58. The number of halogens is 1. The number of imidazole rings is 1. The Balaban J connectivity index is 1.29. The van der Waals surface area contributed by atoms with E-state index in [2.05, 4.69) is 25.4 Å². The fraction of sp³-hybridized carbons (Fsp3) is 0.536. The first-order chi connectivity index (χ1) is 21.5. The average molecular weight is 666 g/mol. The van der Waals surface area contributed by atoms with Crippen LogP contribution in [0.25, 0.3) is 11.2 Å². The van der Waals surface area contributed by atoms with Crippen molar-refractivity contribution >= 4 is 48.0 Å². The lowest BCUT2D eigenvalue weighted by atomic mass is 10.1. The summed E-state index contributed by atoms with van der Waals surface area (Å²) in [5, 5.41) is 27.8. The number of ether oxygens (including phenoxy) is 2. The van der Waals surface area contributed by atoms with Crippen LogP contribution in [0.1, 0.15) is 38.8 Å². The standard InChI is InChI=1S/C28H37ClN7O8P/c1-16(27(40)42-3)34-45(41,44-18-11-5-4-6-12-18)14-20(37)35(2)13-19-22(38)23(39)26(43-19)36-15-30-21-24(31-17-9-7-8-10-17)32-28(29)33-25(21)36/h4-6,11-12,15-17,19,22-23,26,38-39H,7-10,13-14H2,1-3H3,(H,34,41)(H,31,32,33)/t16-,19+,22+,23+,26+,45?/m0/s1. The number of para-hydroxylation sites is 1. The zero-order chi connectivity index (χ0) is 32.3. The minimum atomic E-state index is -3.99. The van der Waals surface area contributed by atoms with Crippen LogP contribution in [-0.2, 0) is 23.6 Å². The number of fused-ring (bicyclic) bond motifs is 1. The second kappa shape index (κ2) is 14.0. The van der Waals surface area contributed by atoms with Gasteiger partial charge in [-0.05, 0) is 43.5 Å². The summed E-state index contributed by atoms with van der Waals surface area (Å²) in [7, 11) is -1.35. The minimum absolute atomic E-state index is 0.0167. The highest BCUT2D eigenvalue weighted by atomic mass is 35.5. The van der Waals surface area contributed by atoms with Crippen molar-refractivity contribution in [2.75, 3.05) is 32.2 Å². The molecule has 3 aromatic rings. The van der Waals surface area contributed by atoms with Gasteiger partial charge in [0.1, 0.15) is 36.3 Å². The Morgan fingerprint density at radius 2 is 1.91 bits per heavy atom. The first-order valence-electron chi connectivity index (χ1n) is 14.6. The summed E-state index contributed by atoms with van der Waals surface area (Å²) >= 11 is 6.24. The molecule has 2 aromatic heterocycles. The quantitative estimate of drug-likeness (QED) is 0.125. The summed E-state index contributed by atoms with van der Waals surface area (Å²) in [6.07, 6.45) is 0.142. The molecule has 5 rings (SSSR count). The Labute approximate surface area is 264 Å². The van der Waals surface area contributed by atoms with E-state index in [9.17, 15) is 24.4 Å². The molecule has 15 nitrogen and oxygen atoms in total. The van der Waals surface area contributed by atoms with Gasteiger partial charge in [0.2, 0.25) is 11.2 Å². The molecule has 3 heterocycles. The number of likely N-dealkylation sites (N-methyl/N-ethyl adjacent to an activating group) is 1. The lowest BCUT2D eigenvalue weighted by Crippen LogP contribution is -2.43. The largest absolute Gasteiger partial charge is 0.468 e. The molecule has 17 heteroatoms. The van der Waals surface area contributed by atoms with Crippen molar-refractivity contribution in [3.05, 3.63) is 41.9 Å². The second-order valence-electron chi connectivity index (χ2n) is 11.2. The number of rotatable bonds is 12. The van der Waals surface area contributed by atoms with Gasteiger partial charge in [-0.1, -0.05) is 31.0 Å². The molecule has 1 amide bonds. The van der Waals surface area contributed by atoms with Gasteiger partial charge in [0.05, 0.1) is 13.4 Å². The van der Waals surface area contributed by atoms with Crippen LogP contribution >= 0.6 is 19.1 Å². The monoisotopic (exact) mass is 665 g/mol. The number of nitrogens with zero attached hydrogens (tertiary/aromatic N) is 5. The molecular weight excluding hydrogens is 629 g/mol. The number of benzene rings is 1. The molecule has 1 unspecified atom stereocenters. The van der Waals surface area contributed by atoms with Crippen LogP contribution in [0.3, 0.4) is 0 Å². The molecule has 1 saturated carbocycles. The number of esters is 1. The summed E-state index contributed by atoms with van der Waals surface area (Å²) in [4.78, 5) is 39.6. The summed E-state index contributed by atoms with van der Waals surface area (Å²) in [6, 6.07) is 7.44. The van der Waals surface area contributed by atoms with E-state index in [1.54, 1.807) is 30.3 Å². The molecule has 2 fully saturated rings. The minimum Gasteiger partial charge on any atom is -0.468 e. The molecule has 2 aliphatic rings. The van der Waals surface area contributed by atoms with Crippen molar-refractivity contribution in [2.45, 2.75) is 69.2 Å². The normalized spacial score (nSPS) is 23.9. The van der Waals surface area contributed by atoms with Gasteiger partial charge in [0.25, 0.3) is 0 Å². The first kappa shape index (κ1) is 33.0. The van der Waals surface area contributed by atoms with Crippen molar-refractivity contribution in [3.63, 3.8) is 0 Å². The third kappa shape index (κ3) is 7.56. The van der Waals surface area contributed by atoms with E-state index in [1.165, 1.54) is 36.9 Å². The highest BCUT2D eigenvalue weighted by Gasteiger charge is 2.45. The van der Waals surface area contributed by atoms with E-state index in [1.807, 2.05) is 0 Å². The number of aromatic nitrogens is 4. The van der Waals surface area contributed by atoms with Gasteiger partial charge in [0.15, 0.2) is 23.2 Å². The third-order valence-corrected chi connectivity index (χ3v) is 10.0. The molecular formula is C28H37ClN7O8P. The van der Waals surface area contributed by atoms with Crippen LogP contribution in [-0.4, -0.2) is 104 Å². The van der Waals surface area contributed by atoms with Gasteiger partial charge in [0, 0.05) is 19.6 Å². The molecule has 45 heavy (non-hydrogen) atoms. The lowest BCUT2D eigenvalue weighted by Gasteiger charge is -2.27. The van der Waals surface area contributed by atoms with Crippen LogP contribution in [0.4, 0.5) is 5.82 Å². The Kier molecular flexibility index (Phi) is 10.3. The van der Waals surface area contributed by atoms with Crippen LogP contribution < -0.4 is 14.9 Å². The maximum absolute atomic E-state index is 13.8. The second-order valence-corrected chi connectivity index (χ2v) is 13.7. The topological polar surface area (TPSA) is 190 Å². The number of nitrogens with one attached hydrogen (secondary N) is 2. The third-order valence-electron chi connectivity index (χ3n) is 7.87. The predicted molar refractivity (Wildman–Crippen MR) is 164 cm³/mol. The molecule has 4 N–H and O–H groups in total. The van der Waals surface area contributed by atoms with Gasteiger partial charge in [-0.2, -0.15) is 9.97 Å². The van der Waals surface area contributed by atoms with Crippen LogP contribution in [0.5, 0.6) is 5.75 Å². The molecule has 0 radical (unpaired) electrons. The van der Waals surface area contributed by atoms with E-state index in [4.69, 9.17) is 25.6 Å². The molecule has 1 aliphatic carbocycles. The van der Waals surface area contributed by atoms with Gasteiger partial charge in [-0.15, -0.1) is 0 Å². The Hall–Kier alpha value is -3.33. The first-order valence-corrected chi connectivity index (χ1v) is 16.8. The van der Waals surface area contributed by atoms with Crippen LogP contribution in [0.15, 0.2) is 36.7 Å². The van der Waals surface area contributed by atoms with Crippen molar-refractivity contribution < 1.29 is 38.4 Å². The van der Waals surface area contributed by atoms with E-state index in [0.29, 0.717) is 17.0 Å². The number of amides is 1. The number of carbonyl (C=O) groups is 2. The predicted octanol–water partition coefficient (Wildman–Crippen LogP) is 2.33. The zero-order valence-corrected chi connectivity index (χ0v) is 26.7. The summed E-state index contributed by atoms with van der Waals surface area (Å²) in [6.45, 7) is 1.28. The zero-order valence-electron chi connectivity index (χ0n) is 25.1. The van der Waals surface area contributed by atoms with E-state index < -0.39 is 56.1 Å². The van der Waals surface area contributed by atoms with Gasteiger partial charge in [-0.3, -0.25) is 18.7 Å². The Morgan fingerprint density at radius 1 is 1.20 bits per heavy atom. The van der Waals surface area contributed by atoms with E-state index in [0.717, 1.165) is 25.7 Å². The smallest absolute Gasteiger partial charge is 0.326 e. The highest BCUT2D eigenvalue weighted by Crippen LogP contribution is 2.44. The number of carbonyl (C=O) groups excluding carboxylic acids is 2. The maximum Gasteiger partial charge on any atom is 0.326 e. The van der Waals surface area contributed by atoms with Gasteiger partial charge >= 0.3 is 13.5 Å². The number of hydrogen-bond acceptors (Lipinski definition) is 12. The number of hydrogen-bond donors (Lipinski definition) is 4. The molecule has 0 bridgehead atoms. The summed E-state index contributed by atoms with van der Waals surface area (Å²) in [5.74, 6) is -0.597. The fourth-order valence-corrected chi connectivity index (χ4v) is 7.63.